The fraction of sp³-hybridized carbons (Fsp3) is 0.312. The van der Waals surface area contributed by atoms with Crippen LogP contribution in [0.3, 0.4) is 0 Å². The predicted molar refractivity (Wildman–Crippen MR) is 93.0 cm³/mol. The molecule has 0 aliphatic carbocycles. The zero-order valence-corrected chi connectivity index (χ0v) is 14.9. The van der Waals surface area contributed by atoms with Crippen molar-refractivity contribution in [3.05, 3.63) is 34.3 Å². The molecule has 136 valence electrons. The highest BCUT2D eigenvalue weighted by atomic mass is 32.1. The molecule has 1 aliphatic heterocycles. The SMILES string of the molecule is CCOC(=O)CC1OB(O)c2cc(Oc3nc(C(=O)O)cs3)cc(C)c21. The van der Waals surface area contributed by atoms with Crippen LogP contribution in [0.25, 0.3) is 0 Å². The van der Waals surface area contributed by atoms with Crippen molar-refractivity contribution in [2.45, 2.75) is 26.4 Å². The Kier molecular flexibility index (Phi) is 5.26. The highest BCUT2D eigenvalue weighted by Crippen LogP contribution is 2.34. The van der Waals surface area contributed by atoms with Gasteiger partial charge in [-0.15, -0.1) is 0 Å². The Balaban J connectivity index is 1.83. The van der Waals surface area contributed by atoms with Crippen molar-refractivity contribution in [3.63, 3.8) is 0 Å². The number of ether oxygens (including phenoxy) is 2. The molecule has 1 aromatic heterocycles. The van der Waals surface area contributed by atoms with E-state index in [1.807, 2.05) is 6.92 Å². The number of hydrogen-bond donors (Lipinski definition) is 2. The van der Waals surface area contributed by atoms with Crippen LogP contribution in [0.5, 0.6) is 10.9 Å². The molecule has 1 aliphatic rings. The van der Waals surface area contributed by atoms with Crippen LogP contribution in [0.2, 0.25) is 0 Å². The average Bonchev–Trinajstić information content (AvgIpc) is 3.13. The lowest BCUT2D eigenvalue weighted by Crippen LogP contribution is -2.28. The molecule has 1 aromatic carbocycles. The first-order chi connectivity index (χ1) is 12.4. The van der Waals surface area contributed by atoms with Crippen molar-refractivity contribution in [2.24, 2.45) is 0 Å². The number of benzene rings is 1. The van der Waals surface area contributed by atoms with E-state index in [2.05, 4.69) is 4.98 Å². The number of carboxylic acid groups (broad SMARTS) is 1. The Labute approximate surface area is 153 Å². The molecule has 8 nitrogen and oxygen atoms in total. The van der Waals surface area contributed by atoms with E-state index in [9.17, 15) is 14.6 Å². The van der Waals surface area contributed by atoms with Crippen molar-refractivity contribution >= 4 is 35.9 Å². The van der Waals surface area contributed by atoms with E-state index in [1.165, 1.54) is 5.38 Å². The summed E-state index contributed by atoms with van der Waals surface area (Å²) in [6.07, 6.45) is -0.584. The maximum Gasteiger partial charge on any atom is 0.492 e. The summed E-state index contributed by atoms with van der Waals surface area (Å²) in [6, 6.07) is 3.32. The number of carboxylic acids is 1. The van der Waals surface area contributed by atoms with E-state index < -0.39 is 25.2 Å². The number of nitrogens with zero attached hydrogens (tertiary/aromatic N) is 1. The number of rotatable bonds is 6. The van der Waals surface area contributed by atoms with Crippen LogP contribution in [0.4, 0.5) is 0 Å². The van der Waals surface area contributed by atoms with Gasteiger partial charge in [-0.1, -0.05) is 11.3 Å². The highest BCUT2D eigenvalue weighted by Gasteiger charge is 2.38. The van der Waals surface area contributed by atoms with Gasteiger partial charge < -0.3 is 24.3 Å². The summed E-state index contributed by atoms with van der Waals surface area (Å²) in [7, 11) is -1.18. The maximum absolute atomic E-state index is 11.7. The second-order valence-corrected chi connectivity index (χ2v) is 6.46. The van der Waals surface area contributed by atoms with Gasteiger partial charge in [0.2, 0.25) is 0 Å². The molecule has 2 aromatic rings. The summed E-state index contributed by atoms with van der Waals surface area (Å²) in [5, 5.41) is 20.6. The number of fused-ring (bicyclic) bond motifs is 1. The van der Waals surface area contributed by atoms with Gasteiger partial charge in [0.05, 0.1) is 19.1 Å². The number of aromatic carboxylic acids is 1. The lowest BCUT2D eigenvalue weighted by molar-refractivity contribution is -0.145. The van der Waals surface area contributed by atoms with Gasteiger partial charge in [0, 0.05) is 5.38 Å². The number of carbonyl (C=O) groups excluding carboxylic acids is 1. The fourth-order valence-electron chi connectivity index (χ4n) is 2.82. The topological polar surface area (TPSA) is 115 Å². The van der Waals surface area contributed by atoms with Crippen molar-refractivity contribution in [1.82, 2.24) is 4.98 Å². The summed E-state index contributed by atoms with van der Waals surface area (Å²) < 4.78 is 16.0. The van der Waals surface area contributed by atoms with Crippen LogP contribution < -0.4 is 10.2 Å². The number of esters is 1. The first-order valence-corrected chi connectivity index (χ1v) is 8.77. The molecule has 0 saturated carbocycles. The maximum atomic E-state index is 11.7. The van der Waals surface area contributed by atoms with Crippen molar-refractivity contribution in [3.8, 4) is 10.9 Å². The van der Waals surface area contributed by atoms with Gasteiger partial charge in [-0.05, 0) is 42.6 Å². The van der Waals surface area contributed by atoms with Crippen molar-refractivity contribution in [2.75, 3.05) is 6.61 Å². The largest absolute Gasteiger partial charge is 0.492 e. The number of aromatic nitrogens is 1. The van der Waals surface area contributed by atoms with Gasteiger partial charge in [-0.2, -0.15) is 4.98 Å². The minimum absolute atomic E-state index is 0.00734. The van der Waals surface area contributed by atoms with Gasteiger partial charge in [0.25, 0.3) is 5.19 Å². The van der Waals surface area contributed by atoms with Gasteiger partial charge in [-0.3, -0.25) is 4.79 Å². The lowest BCUT2D eigenvalue weighted by atomic mass is 9.77. The van der Waals surface area contributed by atoms with E-state index in [-0.39, 0.29) is 23.9 Å². The summed E-state index contributed by atoms with van der Waals surface area (Å²) in [5.74, 6) is -1.14. The fourth-order valence-corrected chi connectivity index (χ4v) is 3.48. The highest BCUT2D eigenvalue weighted by molar-refractivity contribution is 7.11. The lowest BCUT2D eigenvalue weighted by Gasteiger charge is -2.14. The standard InChI is InChI=1S/C16H16BNO7S/c1-3-23-13(19)6-12-14-8(2)4-9(5-10(14)17(22)25-12)24-16-18-11(7-26-16)15(20)21/h4-5,7,12,22H,3,6H2,1-2H3,(H,20,21). The van der Waals surface area contributed by atoms with Crippen LogP contribution in [0.15, 0.2) is 17.5 Å². The predicted octanol–water partition coefficient (Wildman–Crippen LogP) is 1.65. The van der Waals surface area contributed by atoms with Crippen LogP contribution in [-0.2, 0) is 14.2 Å². The smallest absolute Gasteiger partial charge is 0.476 e. The Morgan fingerprint density at radius 3 is 2.85 bits per heavy atom. The number of carbonyl (C=O) groups is 2. The monoisotopic (exact) mass is 377 g/mol. The Morgan fingerprint density at radius 1 is 1.42 bits per heavy atom. The zero-order valence-electron chi connectivity index (χ0n) is 14.1. The molecule has 0 saturated heterocycles. The molecule has 3 rings (SSSR count). The molecule has 2 heterocycles. The molecule has 0 bridgehead atoms. The Morgan fingerprint density at radius 2 is 2.19 bits per heavy atom. The summed E-state index contributed by atoms with van der Waals surface area (Å²) in [4.78, 5) is 26.5. The molecule has 10 heteroatoms. The molecule has 0 fully saturated rings. The molecule has 1 unspecified atom stereocenters. The first kappa shape index (κ1) is 18.4. The molecule has 2 N–H and O–H groups in total. The molecule has 1 atom stereocenters. The number of thiazole rings is 1. The summed E-state index contributed by atoms with van der Waals surface area (Å²) in [6.45, 7) is 3.81. The zero-order chi connectivity index (χ0) is 18.8. The van der Waals surface area contributed by atoms with Gasteiger partial charge in [0.1, 0.15) is 5.75 Å². The van der Waals surface area contributed by atoms with E-state index in [1.54, 1.807) is 19.1 Å². The van der Waals surface area contributed by atoms with Crippen LogP contribution in [-0.4, -0.2) is 40.8 Å². The minimum Gasteiger partial charge on any atom is -0.476 e. The molecule has 0 amide bonds. The van der Waals surface area contributed by atoms with Crippen LogP contribution in [0.1, 0.15) is 41.1 Å². The second kappa shape index (κ2) is 7.44. The molecule has 0 spiro atoms. The average molecular weight is 377 g/mol. The first-order valence-electron chi connectivity index (χ1n) is 7.89. The van der Waals surface area contributed by atoms with Crippen LogP contribution in [0, 0.1) is 6.92 Å². The van der Waals surface area contributed by atoms with Crippen LogP contribution >= 0.6 is 11.3 Å². The summed E-state index contributed by atoms with van der Waals surface area (Å²) >= 11 is 1.06. The molecule has 0 radical (unpaired) electrons. The van der Waals surface area contributed by atoms with Crippen molar-refractivity contribution in [1.29, 1.82) is 0 Å². The van der Waals surface area contributed by atoms with E-state index in [0.717, 1.165) is 22.5 Å². The van der Waals surface area contributed by atoms with E-state index >= 15 is 0 Å². The normalized spacial score (nSPS) is 15.7. The molecular formula is C16H16BNO7S. The Hall–Kier alpha value is -2.43. The third kappa shape index (κ3) is 3.72. The van der Waals surface area contributed by atoms with E-state index in [4.69, 9.17) is 19.2 Å². The third-order valence-corrected chi connectivity index (χ3v) is 4.56. The van der Waals surface area contributed by atoms with E-state index in [0.29, 0.717) is 11.2 Å². The van der Waals surface area contributed by atoms with Crippen molar-refractivity contribution < 1.29 is 33.8 Å². The van der Waals surface area contributed by atoms with Gasteiger partial charge in [0.15, 0.2) is 5.69 Å². The minimum atomic E-state index is -1.18. The molecule has 26 heavy (non-hydrogen) atoms. The van der Waals surface area contributed by atoms with Gasteiger partial charge in [-0.25, -0.2) is 4.79 Å². The number of aryl methyl sites for hydroxylation is 1. The molecular weight excluding hydrogens is 361 g/mol. The Bertz CT molecular complexity index is 853. The second-order valence-electron chi connectivity index (χ2n) is 5.64. The quantitative estimate of drug-likeness (QED) is 0.577. The number of hydrogen-bond acceptors (Lipinski definition) is 8. The van der Waals surface area contributed by atoms with Gasteiger partial charge >= 0.3 is 19.1 Å². The summed E-state index contributed by atoms with van der Waals surface area (Å²) in [5.41, 5.74) is 1.91. The third-order valence-electron chi connectivity index (χ3n) is 3.84.